The van der Waals surface area contributed by atoms with E-state index < -0.39 is 0 Å². The van der Waals surface area contributed by atoms with Gasteiger partial charge in [0.15, 0.2) is 0 Å². The molecule has 100 valence electrons. The largest absolute Gasteiger partial charge is 0.326 e. The Bertz CT molecular complexity index is 248. The van der Waals surface area contributed by atoms with Crippen LogP contribution in [0.5, 0.6) is 0 Å². The number of hydrogen-bond acceptors (Lipinski definition) is 3. The second kappa shape index (κ2) is 5.25. The fourth-order valence-electron chi connectivity index (χ4n) is 3.60. The summed E-state index contributed by atoms with van der Waals surface area (Å²) >= 11 is 0. The van der Waals surface area contributed by atoms with E-state index in [-0.39, 0.29) is 0 Å². The minimum atomic E-state index is 0.396. The fourth-order valence-corrected chi connectivity index (χ4v) is 3.60. The Morgan fingerprint density at radius 2 is 1.71 bits per heavy atom. The first-order chi connectivity index (χ1) is 8.05. The van der Waals surface area contributed by atoms with E-state index in [0.29, 0.717) is 17.6 Å². The van der Waals surface area contributed by atoms with Gasteiger partial charge >= 0.3 is 0 Å². The molecule has 2 saturated carbocycles. The van der Waals surface area contributed by atoms with E-state index in [9.17, 15) is 0 Å². The molecule has 2 N–H and O–H groups in total. The average molecular weight is 239 g/mol. The van der Waals surface area contributed by atoms with E-state index in [0.717, 1.165) is 0 Å². The van der Waals surface area contributed by atoms with Crippen molar-refractivity contribution in [2.75, 3.05) is 27.7 Å². The molecule has 0 bridgehead atoms. The molecule has 3 nitrogen and oxygen atoms in total. The van der Waals surface area contributed by atoms with Crippen molar-refractivity contribution < 1.29 is 0 Å². The third-order valence-electron chi connectivity index (χ3n) is 5.12. The smallest absolute Gasteiger partial charge is 0.0330 e. The molecule has 2 rings (SSSR count). The van der Waals surface area contributed by atoms with Crippen LogP contribution in [0.2, 0.25) is 0 Å². The van der Waals surface area contributed by atoms with Gasteiger partial charge in [-0.2, -0.15) is 0 Å². The summed E-state index contributed by atoms with van der Waals surface area (Å²) in [4.78, 5) is 4.98. The highest BCUT2D eigenvalue weighted by Crippen LogP contribution is 2.37. The van der Waals surface area contributed by atoms with Gasteiger partial charge in [-0.15, -0.1) is 0 Å². The Hall–Kier alpha value is -0.120. The quantitative estimate of drug-likeness (QED) is 0.810. The van der Waals surface area contributed by atoms with Crippen molar-refractivity contribution >= 4 is 0 Å². The first-order valence-corrected chi connectivity index (χ1v) is 7.18. The van der Waals surface area contributed by atoms with Gasteiger partial charge in [-0.1, -0.05) is 12.8 Å². The van der Waals surface area contributed by atoms with E-state index >= 15 is 0 Å². The second-order valence-electron chi connectivity index (χ2n) is 6.40. The lowest BCUT2D eigenvalue weighted by Gasteiger charge is -2.51. The van der Waals surface area contributed by atoms with E-state index in [4.69, 9.17) is 5.73 Å². The summed E-state index contributed by atoms with van der Waals surface area (Å²) < 4.78 is 0. The second-order valence-corrected chi connectivity index (χ2v) is 6.40. The molecule has 0 aromatic heterocycles. The van der Waals surface area contributed by atoms with Crippen molar-refractivity contribution in [1.82, 2.24) is 9.80 Å². The van der Waals surface area contributed by atoms with Crippen molar-refractivity contribution in [1.29, 1.82) is 0 Å². The minimum Gasteiger partial charge on any atom is -0.326 e. The lowest BCUT2D eigenvalue weighted by Crippen LogP contribution is -2.60. The molecule has 0 saturated heterocycles. The van der Waals surface area contributed by atoms with Crippen molar-refractivity contribution in [2.24, 2.45) is 5.73 Å². The fraction of sp³-hybridized carbons (Fsp3) is 1.00. The van der Waals surface area contributed by atoms with Crippen molar-refractivity contribution in [3.05, 3.63) is 0 Å². The summed E-state index contributed by atoms with van der Waals surface area (Å²) in [5, 5.41) is 0. The third-order valence-corrected chi connectivity index (χ3v) is 5.12. The van der Waals surface area contributed by atoms with Crippen LogP contribution in [-0.2, 0) is 0 Å². The van der Waals surface area contributed by atoms with Crippen LogP contribution in [0.3, 0.4) is 0 Å². The van der Waals surface area contributed by atoms with E-state index in [2.05, 4.69) is 30.9 Å². The highest BCUT2D eigenvalue weighted by Gasteiger charge is 2.41. The molecule has 2 atom stereocenters. The summed E-state index contributed by atoms with van der Waals surface area (Å²) in [6.45, 7) is 1.19. The highest BCUT2D eigenvalue weighted by atomic mass is 15.2. The summed E-state index contributed by atoms with van der Waals surface area (Å²) in [7, 11) is 6.74. The standard InChI is InChI=1S/C14H29N3/c1-16(2)14(9-6-10-14)11-17(3)13-8-5-4-7-12(13)15/h12-13H,4-11,15H2,1-3H3. The Labute approximate surface area is 106 Å². The zero-order chi connectivity index (χ0) is 12.5. The van der Waals surface area contributed by atoms with Crippen molar-refractivity contribution in [3.63, 3.8) is 0 Å². The molecule has 2 aliphatic carbocycles. The molecule has 2 aliphatic rings. The molecular formula is C14H29N3. The molecule has 0 heterocycles. The zero-order valence-electron chi connectivity index (χ0n) is 11.8. The summed E-state index contributed by atoms with van der Waals surface area (Å²) in [5.41, 5.74) is 6.72. The van der Waals surface area contributed by atoms with Gasteiger partial charge in [-0.3, -0.25) is 0 Å². The van der Waals surface area contributed by atoms with Crippen molar-refractivity contribution in [3.8, 4) is 0 Å². The van der Waals surface area contributed by atoms with Gasteiger partial charge in [0.25, 0.3) is 0 Å². The van der Waals surface area contributed by atoms with Gasteiger partial charge in [0.2, 0.25) is 0 Å². The van der Waals surface area contributed by atoms with Gasteiger partial charge in [-0.05, 0) is 53.2 Å². The summed E-state index contributed by atoms with van der Waals surface area (Å²) in [6, 6.07) is 1.01. The molecule has 2 fully saturated rings. The summed E-state index contributed by atoms with van der Waals surface area (Å²) in [6.07, 6.45) is 9.29. The molecular weight excluding hydrogens is 210 g/mol. The Kier molecular flexibility index (Phi) is 4.11. The zero-order valence-corrected chi connectivity index (χ0v) is 11.8. The lowest BCUT2D eigenvalue weighted by molar-refractivity contribution is 0.00806. The lowest BCUT2D eigenvalue weighted by atomic mass is 9.74. The Morgan fingerprint density at radius 3 is 2.18 bits per heavy atom. The normalized spacial score (nSPS) is 32.8. The minimum absolute atomic E-state index is 0.396. The molecule has 0 radical (unpaired) electrons. The molecule has 0 spiro atoms. The molecule has 0 aromatic carbocycles. The number of likely N-dealkylation sites (N-methyl/N-ethyl adjacent to an activating group) is 2. The van der Waals surface area contributed by atoms with Crippen LogP contribution in [0.1, 0.15) is 44.9 Å². The van der Waals surface area contributed by atoms with Crippen LogP contribution in [-0.4, -0.2) is 55.1 Å². The number of nitrogens with zero attached hydrogens (tertiary/aromatic N) is 2. The Balaban J connectivity index is 1.93. The number of rotatable bonds is 4. The van der Waals surface area contributed by atoms with E-state index in [1.54, 1.807) is 0 Å². The number of hydrogen-bond donors (Lipinski definition) is 1. The van der Waals surface area contributed by atoms with Crippen LogP contribution in [0.25, 0.3) is 0 Å². The predicted molar refractivity (Wildman–Crippen MR) is 73.1 cm³/mol. The van der Waals surface area contributed by atoms with Gasteiger partial charge in [0, 0.05) is 24.2 Å². The Morgan fingerprint density at radius 1 is 1.06 bits per heavy atom. The third kappa shape index (κ3) is 2.67. The van der Waals surface area contributed by atoms with Gasteiger partial charge in [0.05, 0.1) is 0 Å². The molecule has 3 heteroatoms. The topological polar surface area (TPSA) is 32.5 Å². The maximum atomic E-state index is 6.28. The van der Waals surface area contributed by atoms with Crippen LogP contribution in [0.15, 0.2) is 0 Å². The molecule has 0 aliphatic heterocycles. The average Bonchev–Trinajstić information content (AvgIpc) is 2.23. The van der Waals surface area contributed by atoms with Crippen LogP contribution < -0.4 is 5.73 Å². The summed E-state index contributed by atoms with van der Waals surface area (Å²) in [5.74, 6) is 0. The first-order valence-electron chi connectivity index (χ1n) is 7.18. The van der Waals surface area contributed by atoms with Gasteiger partial charge < -0.3 is 15.5 Å². The van der Waals surface area contributed by atoms with Gasteiger partial charge in [-0.25, -0.2) is 0 Å². The van der Waals surface area contributed by atoms with Crippen LogP contribution in [0, 0.1) is 0 Å². The molecule has 2 unspecified atom stereocenters. The van der Waals surface area contributed by atoms with Gasteiger partial charge in [0.1, 0.15) is 0 Å². The highest BCUT2D eigenvalue weighted by molar-refractivity contribution is 4.99. The van der Waals surface area contributed by atoms with Crippen molar-refractivity contribution in [2.45, 2.75) is 62.6 Å². The monoisotopic (exact) mass is 239 g/mol. The van der Waals surface area contributed by atoms with E-state index in [1.165, 1.54) is 51.5 Å². The molecule has 0 amide bonds. The first kappa shape index (κ1) is 13.3. The molecule has 17 heavy (non-hydrogen) atoms. The molecule has 0 aromatic rings. The van der Waals surface area contributed by atoms with Crippen LogP contribution >= 0.6 is 0 Å². The predicted octanol–water partition coefficient (Wildman–Crippen LogP) is 1.67. The van der Waals surface area contributed by atoms with E-state index in [1.807, 2.05) is 0 Å². The van der Waals surface area contributed by atoms with Crippen LogP contribution in [0.4, 0.5) is 0 Å². The number of nitrogens with two attached hydrogens (primary N) is 1. The maximum absolute atomic E-state index is 6.28. The SMILES string of the molecule is CN(CC1(N(C)C)CCC1)C1CCCCC1N. The maximum Gasteiger partial charge on any atom is 0.0330 e.